The maximum Gasteiger partial charge on any atom is 0.231 e. The van der Waals surface area contributed by atoms with Gasteiger partial charge < -0.3 is 10.2 Å². The Labute approximate surface area is 126 Å². The molecule has 1 saturated heterocycles. The number of carbonyl (C=O) groups excluding carboxylic acids is 2. The predicted octanol–water partition coefficient (Wildman–Crippen LogP) is 1.55. The average Bonchev–Trinajstić information content (AvgIpc) is 3.06. The minimum atomic E-state index is -0.519. The smallest absolute Gasteiger partial charge is 0.231 e. The summed E-state index contributed by atoms with van der Waals surface area (Å²) in [5.41, 5.74) is 0.209. The number of hydrogen-bond donors (Lipinski definition) is 1. The molecule has 1 fully saturated rings. The number of nitrogens with zero attached hydrogens (tertiary/aromatic N) is 3. The van der Waals surface area contributed by atoms with E-state index in [2.05, 4.69) is 10.4 Å². The second-order valence-electron chi connectivity index (χ2n) is 5.22. The maximum absolute atomic E-state index is 13.8. The highest BCUT2D eigenvalue weighted by Gasteiger charge is 2.36. The molecular weight excluding hydrogens is 287 g/mol. The van der Waals surface area contributed by atoms with Crippen molar-refractivity contribution in [2.24, 2.45) is 13.0 Å². The highest BCUT2D eigenvalue weighted by Crippen LogP contribution is 2.27. The molecule has 3 rings (SSSR count). The van der Waals surface area contributed by atoms with Crippen LogP contribution in [0.2, 0.25) is 0 Å². The molecule has 7 heteroatoms. The third-order valence-corrected chi connectivity index (χ3v) is 3.60. The van der Waals surface area contributed by atoms with E-state index in [9.17, 15) is 14.0 Å². The van der Waals surface area contributed by atoms with Crippen LogP contribution in [0.15, 0.2) is 36.5 Å². The van der Waals surface area contributed by atoms with Crippen LogP contribution in [-0.2, 0) is 16.6 Å². The Morgan fingerprint density at radius 1 is 1.36 bits per heavy atom. The van der Waals surface area contributed by atoms with E-state index >= 15 is 0 Å². The molecule has 1 aliphatic rings. The van der Waals surface area contributed by atoms with Crippen molar-refractivity contribution in [1.29, 1.82) is 0 Å². The molecule has 0 bridgehead atoms. The Hall–Kier alpha value is -2.70. The molecule has 0 spiro atoms. The van der Waals surface area contributed by atoms with E-state index in [0.717, 1.165) is 0 Å². The molecule has 0 unspecified atom stereocenters. The van der Waals surface area contributed by atoms with Gasteiger partial charge in [-0.3, -0.25) is 14.3 Å². The first-order valence-electron chi connectivity index (χ1n) is 6.90. The normalized spacial score (nSPS) is 17.8. The first-order chi connectivity index (χ1) is 10.5. The van der Waals surface area contributed by atoms with Crippen LogP contribution in [-0.4, -0.2) is 28.1 Å². The van der Waals surface area contributed by atoms with Gasteiger partial charge in [-0.2, -0.15) is 5.10 Å². The summed E-state index contributed by atoms with van der Waals surface area (Å²) < 4.78 is 15.4. The van der Waals surface area contributed by atoms with Crippen molar-refractivity contribution in [2.45, 2.75) is 6.42 Å². The molecule has 22 heavy (non-hydrogen) atoms. The van der Waals surface area contributed by atoms with Gasteiger partial charge in [0.05, 0.1) is 11.6 Å². The molecule has 0 saturated carbocycles. The fourth-order valence-electron chi connectivity index (χ4n) is 2.50. The van der Waals surface area contributed by atoms with Gasteiger partial charge in [-0.25, -0.2) is 4.39 Å². The summed E-state index contributed by atoms with van der Waals surface area (Å²) in [6, 6.07) is 7.72. The molecule has 1 atom stereocenters. The first kappa shape index (κ1) is 14.2. The summed E-state index contributed by atoms with van der Waals surface area (Å²) in [7, 11) is 1.74. The molecule has 1 aliphatic heterocycles. The number of aromatic nitrogens is 2. The van der Waals surface area contributed by atoms with E-state index < -0.39 is 11.7 Å². The number of hydrogen-bond acceptors (Lipinski definition) is 3. The van der Waals surface area contributed by atoms with Crippen LogP contribution in [0.5, 0.6) is 0 Å². The number of rotatable bonds is 3. The standard InChI is InChI=1S/C15H15FN4O2/c1-19-7-6-13(18-19)17-15(22)10-8-14(21)20(9-10)12-5-3-2-4-11(12)16/h2-7,10H,8-9H2,1H3,(H,17,18,22)/t10-/m1/s1. The summed E-state index contributed by atoms with van der Waals surface area (Å²) in [4.78, 5) is 25.6. The third kappa shape index (κ3) is 2.69. The molecule has 1 aromatic heterocycles. The lowest BCUT2D eigenvalue weighted by Gasteiger charge is -2.17. The number of benzene rings is 1. The van der Waals surface area contributed by atoms with Crippen LogP contribution in [0.25, 0.3) is 0 Å². The number of carbonyl (C=O) groups is 2. The Morgan fingerprint density at radius 3 is 2.82 bits per heavy atom. The van der Waals surface area contributed by atoms with Crippen LogP contribution in [0, 0.1) is 11.7 Å². The van der Waals surface area contributed by atoms with Crippen molar-refractivity contribution in [1.82, 2.24) is 9.78 Å². The lowest BCUT2D eigenvalue weighted by molar-refractivity contribution is -0.122. The molecule has 0 aliphatic carbocycles. The molecule has 1 N–H and O–H groups in total. The SMILES string of the molecule is Cn1ccc(NC(=O)[C@@H]2CC(=O)N(c3ccccc3F)C2)n1. The monoisotopic (exact) mass is 302 g/mol. The molecular formula is C15H15FN4O2. The number of anilines is 2. The Morgan fingerprint density at radius 2 is 2.14 bits per heavy atom. The van der Waals surface area contributed by atoms with Crippen LogP contribution >= 0.6 is 0 Å². The zero-order chi connectivity index (χ0) is 15.7. The van der Waals surface area contributed by atoms with Gasteiger partial charge in [-0.15, -0.1) is 0 Å². The highest BCUT2D eigenvalue weighted by atomic mass is 19.1. The molecule has 2 amide bonds. The van der Waals surface area contributed by atoms with E-state index in [-0.39, 0.29) is 30.5 Å². The lowest BCUT2D eigenvalue weighted by atomic mass is 10.1. The Balaban J connectivity index is 1.71. The van der Waals surface area contributed by atoms with Gasteiger partial charge in [0.2, 0.25) is 11.8 Å². The summed E-state index contributed by atoms with van der Waals surface area (Å²) >= 11 is 0. The Kier molecular flexibility index (Phi) is 3.62. The highest BCUT2D eigenvalue weighted by molar-refractivity contribution is 6.03. The number of nitrogens with one attached hydrogen (secondary N) is 1. The van der Waals surface area contributed by atoms with E-state index in [0.29, 0.717) is 5.82 Å². The van der Waals surface area contributed by atoms with Crippen LogP contribution in [0.1, 0.15) is 6.42 Å². The average molecular weight is 302 g/mol. The number of amides is 2. The minimum absolute atomic E-state index is 0.0625. The molecule has 6 nitrogen and oxygen atoms in total. The molecule has 2 heterocycles. The second kappa shape index (κ2) is 5.59. The topological polar surface area (TPSA) is 67.2 Å². The van der Waals surface area contributed by atoms with Gasteiger partial charge in [0.1, 0.15) is 5.82 Å². The lowest BCUT2D eigenvalue weighted by Crippen LogP contribution is -2.28. The van der Waals surface area contributed by atoms with Crippen molar-refractivity contribution < 1.29 is 14.0 Å². The Bertz CT molecular complexity index is 728. The van der Waals surface area contributed by atoms with Gasteiger partial charge in [0, 0.05) is 32.3 Å². The zero-order valence-electron chi connectivity index (χ0n) is 12.0. The number of aryl methyl sites for hydroxylation is 1. The minimum Gasteiger partial charge on any atom is -0.309 e. The van der Waals surface area contributed by atoms with Crippen molar-refractivity contribution >= 4 is 23.3 Å². The third-order valence-electron chi connectivity index (χ3n) is 3.60. The number of para-hydroxylation sites is 1. The van der Waals surface area contributed by atoms with Crippen LogP contribution in [0.4, 0.5) is 15.9 Å². The van der Waals surface area contributed by atoms with E-state index in [1.54, 1.807) is 36.1 Å². The summed E-state index contributed by atoms with van der Waals surface area (Å²) in [6.07, 6.45) is 1.77. The maximum atomic E-state index is 13.8. The molecule has 0 radical (unpaired) electrons. The summed E-state index contributed by atoms with van der Waals surface area (Å²) in [5, 5.41) is 6.73. The van der Waals surface area contributed by atoms with Crippen molar-refractivity contribution in [3.05, 3.63) is 42.3 Å². The zero-order valence-corrected chi connectivity index (χ0v) is 12.0. The second-order valence-corrected chi connectivity index (χ2v) is 5.22. The fraction of sp³-hybridized carbons (Fsp3) is 0.267. The van der Waals surface area contributed by atoms with Crippen LogP contribution < -0.4 is 10.2 Å². The van der Waals surface area contributed by atoms with Gasteiger partial charge in [0.15, 0.2) is 5.82 Å². The quantitative estimate of drug-likeness (QED) is 0.935. The van der Waals surface area contributed by atoms with Crippen molar-refractivity contribution in [3.8, 4) is 0 Å². The predicted molar refractivity (Wildman–Crippen MR) is 78.7 cm³/mol. The number of halogens is 1. The molecule has 114 valence electrons. The molecule has 2 aromatic rings. The van der Waals surface area contributed by atoms with Gasteiger partial charge in [-0.1, -0.05) is 12.1 Å². The van der Waals surface area contributed by atoms with E-state index in [1.807, 2.05) is 0 Å². The fourth-order valence-corrected chi connectivity index (χ4v) is 2.50. The summed E-state index contributed by atoms with van der Waals surface area (Å²) in [5.74, 6) is -1.10. The van der Waals surface area contributed by atoms with E-state index in [1.165, 1.54) is 17.0 Å². The molecule has 1 aromatic carbocycles. The van der Waals surface area contributed by atoms with Crippen molar-refractivity contribution in [3.63, 3.8) is 0 Å². The first-order valence-corrected chi connectivity index (χ1v) is 6.90. The van der Waals surface area contributed by atoms with E-state index in [4.69, 9.17) is 0 Å². The van der Waals surface area contributed by atoms with Gasteiger partial charge in [-0.05, 0) is 12.1 Å². The summed E-state index contributed by atoms with van der Waals surface area (Å²) in [6.45, 7) is 0.165. The van der Waals surface area contributed by atoms with Crippen LogP contribution in [0.3, 0.4) is 0 Å². The van der Waals surface area contributed by atoms with Crippen molar-refractivity contribution in [2.75, 3.05) is 16.8 Å². The van der Waals surface area contributed by atoms with Gasteiger partial charge in [0.25, 0.3) is 0 Å². The van der Waals surface area contributed by atoms with Gasteiger partial charge >= 0.3 is 0 Å². The largest absolute Gasteiger partial charge is 0.309 e.